The fourth-order valence-electron chi connectivity index (χ4n) is 4.44. The molecule has 3 heterocycles. The molecule has 0 bridgehead atoms. The molecule has 4 rings (SSSR count). The van der Waals surface area contributed by atoms with Crippen LogP contribution in [-0.4, -0.2) is 63.3 Å². The number of unbranched alkanes of at least 4 members (excludes halogenated alkanes) is 1. The summed E-state index contributed by atoms with van der Waals surface area (Å²) in [6.45, 7) is 8.80. The van der Waals surface area contributed by atoms with Gasteiger partial charge in [-0.05, 0) is 58.0 Å². The van der Waals surface area contributed by atoms with E-state index in [4.69, 9.17) is 4.98 Å². The van der Waals surface area contributed by atoms with Crippen LogP contribution >= 0.6 is 0 Å². The third-order valence-corrected chi connectivity index (χ3v) is 6.27. The lowest BCUT2D eigenvalue weighted by Crippen LogP contribution is -2.29. The van der Waals surface area contributed by atoms with Crippen LogP contribution in [0.15, 0.2) is 36.5 Å². The van der Waals surface area contributed by atoms with Crippen molar-refractivity contribution < 1.29 is 9.18 Å². The van der Waals surface area contributed by atoms with Crippen LogP contribution in [0.25, 0.3) is 22.3 Å². The van der Waals surface area contributed by atoms with E-state index in [0.29, 0.717) is 24.2 Å². The Morgan fingerprint density at radius 3 is 2.82 bits per heavy atom. The number of likely N-dealkylation sites (tertiary alicyclic amines) is 1. The highest BCUT2D eigenvalue weighted by atomic mass is 19.1. The summed E-state index contributed by atoms with van der Waals surface area (Å²) in [5, 5.41) is 5.22. The lowest BCUT2D eigenvalue weighted by molar-refractivity contribution is 0.0784. The highest BCUT2D eigenvalue weighted by molar-refractivity contribution is 6.06. The normalized spacial score (nSPS) is 16.5. The molecule has 1 aliphatic heterocycles. The molecule has 6 nitrogen and oxygen atoms in total. The molecule has 1 unspecified atom stereocenters. The topological polar surface area (TPSA) is 54.3 Å². The van der Waals surface area contributed by atoms with E-state index >= 15 is 0 Å². The van der Waals surface area contributed by atoms with Crippen LogP contribution < -0.4 is 0 Å². The number of amides is 1. The summed E-state index contributed by atoms with van der Waals surface area (Å²) in [5.41, 5.74) is 4.14. The highest BCUT2D eigenvalue weighted by Crippen LogP contribution is 2.29. The van der Waals surface area contributed by atoms with E-state index in [9.17, 15) is 9.18 Å². The summed E-state index contributed by atoms with van der Waals surface area (Å²) in [6, 6.07) is 10.3. The average Bonchev–Trinajstić information content (AvgIpc) is 3.43. The van der Waals surface area contributed by atoms with Crippen LogP contribution in [0.2, 0.25) is 0 Å². The molecule has 1 fully saturated rings. The minimum atomic E-state index is -0.953. The fourth-order valence-corrected chi connectivity index (χ4v) is 4.44. The van der Waals surface area contributed by atoms with Gasteiger partial charge in [0.2, 0.25) is 0 Å². The zero-order valence-corrected chi connectivity index (χ0v) is 20.1. The van der Waals surface area contributed by atoms with Gasteiger partial charge in [-0.1, -0.05) is 31.5 Å². The Labute approximate surface area is 195 Å². The molecule has 3 aromatic rings. The Morgan fingerprint density at radius 2 is 2.12 bits per heavy atom. The van der Waals surface area contributed by atoms with Gasteiger partial charge in [0.15, 0.2) is 5.65 Å². The van der Waals surface area contributed by atoms with Gasteiger partial charge in [-0.2, -0.15) is 5.10 Å². The molecule has 0 N–H and O–H groups in total. The number of hydrogen-bond acceptors (Lipinski definition) is 4. The minimum Gasteiger partial charge on any atom is -0.336 e. The van der Waals surface area contributed by atoms with E-state index in [-0.39, 0.29) is 18.5 Å². The molecule has 1 atom stereocenters. The zero-order valence-electron chi connectivity index (χ0n) is 20.1. The molecule has 1 aliphatic rings. The molecule has 0 aliphatic carbocycles. The van der Waals surface area contributed by atoms with Crippen molar-refractivity contribution in [3.05, 3.63) is 47.7 Å². The van der Waals surface area contributed by atoms with Crippen LogP contribution in [0.1, 0.15) is 62.0 Å². The number of fused-ring (bicyclic) bond motifs is 1. The number of benzene rings is 1. The number of nitrogens with zero attached hydrogens (tertiary/aromatic N) is 5. The summed E-state index contributed by atoms with van der Waals surface area (Å²) in [4.78, 5) is 22.2. The number of carbonyl (C=O) groups excluding carboxylic acids is 1. The number of hydrogen-bond donors (Lipinski definition) is 0. The standard InChI is InChI=1S/C26H34FN5O/c1-5-6-11-30(4)16-19-8-7-9-20(13-19)24-14-22(26(33)31-12-10-21(27)17-31)23-15-28-32(18(2)3)25(23)29-24/h7-9,13-15,18,21H,5-6,10-12,16-17H2,1-4H3. The van der Waals surface area contributed by atoms with Gasteiger partial charge in [-0.3, -0.25) is 4.79 Å². The molecule has 7 heteroatoms. The second-order valence-corrected chi connectivity index (χ2v) is 9.40. The second kappa shape index (κ2) is 10.00. The van der Waals surface area contributed by atoms with Crippen molar-refractivity contribution >= 4 is 16.9 Å². The number of aromatic nitrogens is 3. The highest BCUT2D eigenvalue weighted by Gasteiger charge is 2.29. The zero-order chi connectivity index (χ0) is 23.5. The third kappa shape index (κ3) is 5.08. The first-order chi connectivity index (χ1) is 15.9. The molecule has 2 aromatic heterocycles. The predicted molar refractivity (Wildman–Crippen MR) is 130 cm³/mol. The van der Waals surface area contributed by atoms with E-state index < -0.39 is 6.17 Å². The number of carbonyl (C=O) groups is 1. The monoisotopic (exact) mass is 451 g/mol. The molecular weight excluding hydrogens is 417 g/mol. The number of pyridine rings is 1. The van der Waals surface area contributed by atoms with Crippen molar-refractivity contribution in [2.45, 2.75) is 58.8 Å². The average molecular weight is 452 g/mol. The summed E-state index contributed by atoms with van der Waals surface area (Å²) in [6.07, 6.45) is 3.50. The van der Waals surface area contributed by atoms with Crippen LogP contribution in [0, 0.1) is 0 Å². The van der Waals surface area contributed by atoms with Gasteiger partial charge < -0.3 is 9.80 Å². The van der Waals surface area contributed by atoms with Crippen molar-refractivity contribution in [2.75, 3.05) is 26.7 Å². The van der Waals surface area contributed by atoms with Gasteiger partial charge in [-0.25, -0.2) is 14.1 Å². The number of halogens is 1. The Kier molecular flexibility index (Phi) is 7.08. The van der Waals surface area contributed by atoms with Gasteiger partial charge >= 0.3 is 0 Å². The minimum absolute atomic E-state index is 0.105. The summed E-state index contributed by atoms with van der Waals surface area (Å²) >= 11 is 0. The van der Waals surface area contributed by atoms with Crippen molar-refractivity contribution in [3.8, 4) is 11.3 Å². The fraction of sp³-hybridized carbons (Fsp3) is 0.500. The lowest BCUT2D eigenvalue weighted by Gasteiger charge is -2.18. The van der Waals surface area contributed by atoms with E-state index in [1.807, 2.05) is 36.7 Å². The quantitative estimate of drug-likeness (QED) is 0.478. The molecule has 1 saturated heterocycles. The molecule has 1 amide bonds. The van der Waals surface area contributed by atoms with Crippen LogP contribution in [-0.2, 0) is 6.54 Å². The maximum Gasteiger partial charge on any atom is 0.254 e. The predicted octanol–water partition coefficient (Wildman–Crippen LogP) is 5.10. The summed E-state index contributed by atoms with van der Waals surface area (Å²) < 4.78 is 15.7. The molecule has 1 aromatic carbocycles. The van der Waals surface area contributed by atoms with Gasteiger partial charge in [0, 0.05) is 24.7 Å². The van der Waals surface area contributed by atoms with Crippen LogP contribution in [0.5, 0.6) is 0 Å². The van der Waals surface area contributed by atoms with Crippen LogP contribution in [0.3, 0.4) is 0 Å². The first-order valence-corrected chi connectivity index (χ1v) is 12.0. The molecule has 0 radical (unpaired) electrons. The van der Waals surface area contributed by atoms with Gasteiger partial charge in [0.1, 0.15) is 6.17 Å². The number of rotatable bonds is 8. The van der Waals surface area contributed by atoms with Crippen molar-refractivity contribution in [1.82, 2.24) is 24.6 Å². The van der Waals surface area contributed by atoms with Gasteiger partial charge in [0.25, 0.3) is 5.91 Å². The van der Waals surface area contributed by atoms with Gasteiger partial charge in [0.05, 0.1) is 29.4 Å². The Morgan fingerprint density at radius 1 is 1.30 bits per heavy atom. The van der Waals surface area contributed by atoms with Crippen molar-refractivity contribution in [1.29, 1.82) is 0 Å². The maximum atomic E-state index is 13.8. The Bertz CT molecular complexity index is 1130. The van der Waals surface area contributed by atoms with E-state index in [1.54, 1.807) is 11.1 Å². The third-order valence-electron chi connectivity index (χ3n) is 6.27. The van der Waals surface area contributed by atoms with Crippen molar-refractivity contribution in [3.63, 3.8) is 0 Å². The Balaban J connectivity index is 1.74. The van der Waals surface area contributed by atoms with Crippen molar-refractivity contribution in [2.24, 2.45) is 0 Å². The summed E-state index contributed by atoms with van der Waals surface area (Å²) in [7, 11) is 2.14. The smallest absolute Gasteiger partial charge is 0.254 e. The molecule has 33 heavy (non-hydrogen) atoms. The number of alkyl halides is 1. The summed E-state index contributed by atoms with van der Waals surface area (Å²) in [5.74, 6) is -0.150. The second-order valence-electron chi connectivity index (χ2n) is 9.40. The lowest BCUT2D eigenvalue weighted by atomic mass is 10.0. The first-order valence-electron chi connectivity index (χ1n) is 12.0. The molecule has 0 spiro atoms. The molecule has 0 saturated carbocycles. The van der Waals surface area contributed by atoms with E-state index in [0.717, 1.165) is 29.7 Å². The maximum absolute atomic E-state index is 13.8. The molecule has 176 valence electrons. The van der Waals surface area contributed by atoms with E-state index in [2.05, 4.69) is 36.1 Å². The van der Waals surface area contributed by atoms with Crippen LogP contribution in [0.4, 0.5) is 4.39 Å². The van der Waals surface area contributed by atoms with Gasteiger partial charge in [-0.15, -0.1) is 0 Å². The molecular formula is C26H34FN5O. The van der Waals surface area contributed by atoms with E-state index in [1.165, 1.54) is 18.4 Å². The Hall–Kier alpha value is -2.80. The SMILES string of the molecule is CCCCN(C)Cc1cccc(-c2cc(C(=O)N3CCC(F)C3)c3cnn(C(C)C)c3n2)c1. The largest absolute Gasteiger partial charge is 0.336 e. The first kappa shape index (κ1) is 23.4.